The van der Waals surface area contributed by atoms with E-state index in [1.807, 2.05) is 26.8 Å². The van der Waals surface area contributed by atoms with E-state index in [1.54, 1.807) is 18.2 Å². The Bertz CT molecular complexity index is 615. The molecule has 0 saturated carbocycles. The fraction of sp³-hybridized carbons (Fsp3) is 0.400. The summed E-state index contributed by atoms with van der Waals surface area (Å²) in [6.07, 6.45) is -3.17. The quantitative estimate of drug-likeness (QED) is 0.932. The third-order valence-electron chi connectivity index (χ3n) is 3.06. The van der Waals surface area contributed by atoms with Gasteiger partial charge in [0.05, 0.1) is 11.9 Å². The number of alkyl halides is 3. The average molecular weight is 297 g/mol. The topological polar surface area (TPSA) is 29.9 Å². The average Bonchev–Trinajstić information content (AvgIpc) is 2.80. The first-order chi connectivity index (χ1) is 9.79. The van der Waals surface area contributed by atoms with E-state index in [-0.39, 0.29) is 18.2 Å². The van der Waals surface area contributed by atoms with E-state index in [0.29, 0.717) is 5.69 Å². The monoisotopic (exact) mass is 297 g/mol. The first kappa shape index (κ1) is 15.6. The second kappa shape index (κ2) is 5.89. The van der Waals surface area contributed by atoms with Crippen LogP contribution in [0.15, 0.2) is 30.5 Å². The molecule has 0 aliphatic carbocycles. The van der Waals surface area contributed by atoms with E-state index < -0.39 is 11.9 Å². The van der Waals surface area contributed by atoms with Crippen molar-refractivity contribution in [2.24, 2.45) is 0 Å². The van der Waals surface area contributed by atoms with Crippen molar-refractivity contribution in [3.63, 3.8) is 0 Å². The van der Waals surface area contributed by atoms with Crippen molar-refractivity contribution < 1.29 is 13.2 Å². The second-order valence-corrected chi connectivity index (χ2v) is 5.30. The maximum absolute atomic E-state index is 13.4. The van der Waals surface area contributed by atoms with Gasteiger partial charge in [-0.25, -0.2) is 4.68 Å². The molecule has 0 aliphatic rings. The van der Waals surface area contributed by atoms with Gasteiger partial charge in [0.1, 0.15) is 0 Å². The normalized spacial score (nSPS) is 12.1. The first-order valence-electron chi connectivity index (χ1n) is 6.73. The summed E-state index contributed by atoms with van der Waals surface area (Å²) in [6.45, 7) is 5.75. The Balaban J connectivity index is 2.47. The fourth-order valence-electron chi connectivity index (χ4n) is 2.08. The van der Waals surface area contributed by atoms with Crippen molar-refractivity contribution in [2.75, 3.05) is 0 Å². The maximum atomic E-state index is 13.4. The zero-order valence-electron chi connectivity index (χ0n) is 12.2. The van der Waals surface area contributed by atoms with Crippen LogP contribution in [-0.2, 0) is 12.7 Å². The highest BCUT2D eigenvalue weighted by Crippen LogP contribution is 2.33. The Morgan fingerprint density at radius 2 is 2.00 bits per heavy atom. The fourth-order valence-corrected chi connectivity index (χ4v) is 2.08. The molecule has 0 saturated heterocycles. The summed E-state index contributed by atoms with van der Waals surface area (Å²) >= 11 is 0. The molecule has 0 bridgehead atoms. The molecule has 1 aromatic carbocycles. The van der Waals surface area contributed by atoms with Crippen molar-refractivity contribution >= 4 is 0 Å². The van der Waals surface area contributed by atoms with Crippen LogP contribution in [0, 0.1) is 6.92 Å². The van der Waals surface area contributed by atoms with E-state index >= 15 is 0 Å². The Hall–Kier alpha value is -1.82. The third-order valence-corrected chi connectivity index (χ3v) is 3.06. The highest BCUT2D eigenvalue weighted by atomic mass is 19.4. The maximum Gasteiger partial charge on any atom is 0.433 e. The molecule has 2 rings (SSSR count). The van der Waals surface area contributed by atoms with Crippen LogP contribution in [-0.4, -0.2) is 15.8 Å². The van der Waals surface area contributed by atoms with Crippen molar-refractivity contribution in [3.8, 4) is 5.69 Å². The van der Waals surface area contributed by atoms with E-state index in [9.17, 15) is 13.2 Å². The number of nitrogens with zero attached hydrogens (tertiary/aromatic N) is 2. The molecular formula is C15H18F3N3. The number of aromatic nitrogens is 2. The van der Waals surface area contributed by atoms with Crippen LogP contribution in [0.1, 0.15) is 30.7 Å². The third kappa shape index (κ3) is 3.64. The van der Waals surface area contributed by atoms with Gasteiger partial charge in [-0.05, 0) is 24.6 Å². The van der Waals surface area contributed by atoms with E-state index in [1.165, 1.54) is 6.20 Å². The lowest BCUT2D eigenvalue weighted by Crippen LogP contribution is -2.24. The molecule has 0 radical (unpaired) electrons. The Morgan fingerprint density at radius 1 is 1.29 bits per heavy atom. The summed E-state index contributed by atoms with van der Waals surface area (Å²) in [6, 6.07) is 6.96. The summed E-state index contributed by atoms with van der Waals surface area (Å²) in [7, 11) is 0. The molecule has 114 valence electrons. The molecule has 1 N–H and O–H groups in total. The molecule has 21 heavy (non-hydrogen) atoms. The van der Waals surface area contributed by atoms with Crippen LogP contribution in [0.25, 0.3) is 5.69 Å². The lowest BCUT2D eigenvalue weighted by molar-refractivity contribution is -0.143. The van der Waals surface area contributed by atoms with Gasteiger partial charge < -0.3 is 5.32 Å². The van der Waals surface area contributed by atoms with Crippen LogP contribution < -0.4 is 5.32 Å². The van der Waals surface area contributed by atoms with Gasteiger partial charge in [0, 0.05) is 18.2 Å². The van der Waals surface area contributed by atoms with Crippen LogP contribution in [0.4, 0.5) is 13.2 Å². The van der Waals surface area contributed by atoms with Crippen molar-refractivity contribution in [3.05, 3.63) is 47.3 Å². The van der Waals surface area contributed by atoms with Crippen molar-refractivity contribution in [2.45, 2.75) is 39.5 Å². The number of aryl methyl sites for hydroxylation is 1. The largest absolute Gasteiger partial charge is 0.433 e. The van der Waals surface area contributed by atoms with Gasteiger partial charge in [-0.3, -0.25) is 0 Å². The highest BCUT2D eigenvalue weighted by molar-refractivity contribution is 5.38. The Morgan fingerprint density at radius 3 is 2.57 bits per heavy atom. The van der Waals surface area contributed by atoms with Gasteiger partial charge in [0.25, 0.3) is 0 Å². The van der Waals surface area contributed by atoms with Crippen LogP contribution in [0.2, 0.25) is 0 Å². The number of nitrogens with one attached hydrogen (secondary N) is 1. The van der Waals surface area contributed by atoms with Crippen LogP contribution in [0.5, 0.6) is 0 Å². The zero-order valence-corrected chi connectivity index (χ0v) is 12.2. The molecule has 0 spiro atoms. The van der Waals surface area contributed by atoms with Crippen LogP contribution >= 0.6 is 0 Å². The minimum atomic E-state index is -4.45. The molecule has 6 heteroatoms. The lowest BCUT2D eigenvalue weighted by Gasteiger charge is -2.14. The van der Waals surface area contributed by atoms with Crippen LogP contribution in [0.3, 0.4) is 0 Å². The lowest BCUT2D eigenvalue weighted by atomic mass is 10.2. The molecule has 3 nitrogen and oxygen atoms in total. The van der Waals surface area contributed by atoms with Gasteiger partial charge in [-0.2, -0.15) is 18.3 Å². The molecule has 1 aromatic heterocycles. The molecule has 0 amide bonds. The van der Waals surface area contributed by atoms with Gasteiger partial charge in [-0.1, -0.05) is 26.0 Å². The summed E-state index contributed by atoms with van der Waals surface area (Å²) in [5.41, 5.74) is 0.732. The first-order valence-corrected chi connectivity index (χ1v) is 6.73. The summed E-state index contributed by atoms with van der Waals surface area (Å²) in [5.74, 6) is 0. The molecular weight excluding hydrogens is 279 g/mol. The van der Waals surface area contributed by atoms with E-state index in [0.717, 1.165) is 10.2 Å². The molecule has 2 aromatic rings. The number of hydrogen-bond donors (Lipinski definition) is 1. The molecule has 0 aliphatic heterocycles. The summed E-state index contributed by atoms with van der Waals surface area (Å²) < 4.78 is 41.1. The van der Waals surface area contributed by atoms with Gasteiger partial charge in [-0.15, -0.1) is 0 Å². The smallest absolute Gasteiger partial charge is 0.310 e. The van der Waals surface area contributed by atoms with Gasteiger partial charge >= 0.3 is 6.18 Å². The van der Waals surface area contributed by atoms with Gasteiger partial charge in [0.2, 0.25) is 0 Å². The Kier molecular flexibility index (Phi) is 4.37. The molecule has 0 fully saturated rings. The SMILES string of the molecule is Cc1cccc(-n2ncc(CNC(C)C)c2C(F)(F)F)c1. The van der Waals surface area contributed by atoms with Crippen molar-refractivity contribution in [1.82, 2.24) is 15.1 Å². The zero-order chi connectivity index (χ0) is 15.6. The predicted octanol–water partition coefficient (Wildman–Crippen LogP) is 3.70. The number of benzene rings is 1. The second-order valence-electron chi connectivity index (χ2n) is 5.30. The predicted molar refractivity (Wildman–Crippen MR) is 75.3 cm³/mol. The molecule has 1 heterocycles. The van der Waals surface area contributed by atoms with E-state index in [2.05, 4.69) is 10.4 Å². The number of hydrogen-bond acceptors (Lipinski definition) is 2. The molecule has 0 atom stereocenters. The highest BCUT2D eigenvalue weighted by Gasteiger charge is 2.38. The van der Waals surface area contributed by atoms with E-state index in [4.69, 9.17) is 0 Å². The molecule has 0 unspecified atom stereocenters. The minimum Gasteiger partial charge on any atom is -0.310 e. The summed E-state index contributed by atoms with van der Waals surface area (Å²) in [5, 5.41) is 6.93. The number of rotatable bonds is 4. The minimum absolute atomic E-state index is 0.105. The summed E-state index contributed by atoms with van der Waals surface area (Å²) in [4.78, 5) is 0. The van der Waals surface area contributed by atoms with Gasteiger partial charge in [0.15, 0.2) is 5.69 Å². The standard InChI is InChI=1S/C15H18F3N3/c1-10(2)19-8-12-9-20-21(14(12)15(16,17)18)13-6-4-5-11(3)7-13/h4-7,9-10,19H,8H2,1-3H3. The Labute approximate surface area is 121 Å². The van der Waals surface area contributed by atoms with Crippen molar-refractivity contribution in [1.29, 1.82) is 0 Å². The number of halogens is 3.